The molecule has 1 saturated heterocycles. The lowest BCUT2D eigenvalue weighted by atomic mass is 10.1. The minimum absolute atomic E-state index is 0.401. The molecule has 1 aliphatic heterocycles. The Morgan fingerprint density at radius 3 is 2.71 bits per heavy atom. The topological polar surface area (TPSA) is 20.3 Å². The molecule has 2 nitrogen and oxygen atoms in total. The number of piperidine rings is 1. The second-order valence-electron chi connectivity index (χ2n) is 3.70. The number of rotatable bonds is 2. The smallest absolute Gasteiger partial charge is 0.135 e. The Morgan fingerprint density at radius 1 is 1.29 bits per heavy atom. The van der Waals surface area contributed by atoms with E-state index in [2.05, 4.69) is 17.0 Å². The monoisotopic (exact) mass is 188 g/mol. The molecule has 0 atom stereocenters. The molecule has 1 aromatic carbocycles. The van der Waals surface area contributed by atoms with E-state index < -0.39 is 0 Å². The zero-order valence-electron chi connectivity index (χ0n) is 8.20. The summed E-state index contributed by atoms with van der Waals surface area (Å²) in [6.07, 6.45) is 1.43. The van der Waals surface area contributed by atoms with Gasteiger partial charge in [0.2, 0.25) is 0 Å². The number of ketones is 1. The molecule has 0 saturated carbocycles. The molecule has 2 heteroatoms. The number of likely N-dealkylation sites (tertiary alicyclic amines) is 1. The molecule has 0 amide bonds. The minimum Gasteiger partial charge on any atom is -0.300 e. The van der Waals surface area contributed by atoms with Crippen LogP contribution in [0.1, 0.15) is 18.4 Å². The summed E-state index contributed by atoms with van der Waals surface area (Å²) >= 11 is 0. The highest BCUT2D eigenvalue weighted by Crippen LogP contribution is 2.10. The summed E-state index contributed by atoms with van der Waals surface area (Å²) in [4.78, 5) is 13.3. The molecule has 14 heavy (non-hydrogen) atoms. The fourth-order valence-electron chi connectivity index (χ4n) is 1.73. The van der Waals surface area contributed by atoms with Gasteiger partial charge in [0.15, 0.2) is 0 Å². The van der Waals surface area contributed by atoms with Gasteiger partial charge in [0.25, 0.3) is 0 Å². The molecule has 0 aliphatic carbocycles. The van der Waals surface area contributed by atoms with Crippen LogP contribution in [0.25, 0.3) is 0 Å². The van der Waals surface area contributed by atoms with Crippen molar-refractivity contribution >= 4 is 5.78 Å². The molecule has 0 unspecified atom stereocenters. The van der Waals surface area contributed by atoms with Crippen LogP contribution in [0.4, 0.5) is 0 Å². The van der Waals surface area contributed by atoms with E-state index in [1.807, 2.05) is 18.2 Å². The Labute approximate surface area is 84.5 Å². The first-order valence-electron chi connectivity index (χ1n) is 5.04. The van der Waals surface area contributed by atoms with Crippen LogP contribution in [0.2, 0.25) is 0 Å². The maximum atomic E-state index is 11.0. The Kier molecular flexibility index (Phi) is 2.94. The highest BCUT2D eigenvalue weighted by molar-refractivity contribution is 5.79. The van der Waals surface area contributed by atoms with E-state index in [-0.39, 0.29) is 0 Å². The van der Waals surface area contributed by atoms with Crippen molar-refractivity contribution in [2.24, 2.45) is 0 Å². The summed E-state index contributed by atoms with van der Waals surface area (Å²) in [5.41, 5.74) is 1.21. The van der Waals surface area contributed by atoms with Gasteiger partial charge in [-0.2, -0.15) is 0 Å². The van der Waals surface area contributed by atoms with Crippen LogP contribution in [0.3, 0.4) is 0 Å². The van der Waals surface area contributed by atoms with Gasteiger partial charge in [-0.1, -0.05) is 24.3 Å². The van der Waals surface area contributed by atoms with Crippen LogP contribution in [0.15, 0.2) is 24.3 Å². The van der Waals surface area contributed by atoms with Crippen molar-refractivity contribution in [1.29, 1.82) is 0 Å². The first-order valence-corrected chi connectivity index (χ1v) is 5.04. The van der Waals surface area contributed by atoms with Gasteiger partial charge in [0.1, 0.15) is 5.78 Å². The maximum absolute atomic E-state index is 11.0. The second-order valence-corrected chi connectivity index (χ2v) is 3.70. The van der Waals surface area contributed by atoms with Crippen molar-refractivity contribution in [3.63, 3.8) is 0 Å². The van der Waals surface area contributed by atoms with Gasteiger partial charge in [0.05, 0.1) is 0 Å². The van der Waals surface area contributed by atoms with E-state index in [1.165, 1.54) is 5.56 Å². The van der Waals surface area contributed by atoms with Gasteiger partial charge in [-0.3, -0.25) is 9.69 Å². The molecular formula is C12H14NO. The molecule has 0 N–H and O–H groups in total. The van der Waals surface area contributed by atoms with Gasteiger partial charge in [0, 0.05) is 32.5 Å². The average Bonchev–Trinajstić information content (AvgIpc) is 2.23. The normalized spacial score (nSPS) is 18.4. The number of hydrogen-bond donors (Lipinski definition) is 0. The molecule has 1 radical (unpaired) electrons. The van der Waals surface area contributed by atoms with Crippen LogP contribution in [0.5, 0.6) is 0 Å². The van der Waals surface area contributed by atoms with Crippen molar-refractivity contribution < 1.29 is 4.79 Å². The molecule has 1 fully saturated rings. The van der Waals surface area contributed by atoms with E-state index in [1.54, 1.807) is 0 Å². The fourth-order valence-corrected chi connectivity index (χ4v) is 1.73. The second kappa shape index (κ2) is 4.38. The van der Waals surface area contributed by atoms with Crippen molar-refractivity contribution in [1.82, 2.24) is 4.90 Å². The van der Waals surface area contributed by atoms with E-state index in [0.717, 1.165) is 19.6 Å². The van der Waals surface area contributed by atoms with Crippen LogP contribution >= 0.6 is 0 Å². The number of nitrogens with zero attached hydrogens (tertiary/aromatic N) is 1. The summed E-state index contributed by atoms with van der Waals surface area (Å²) in [6.45, 7) is 2.73. The van der Waals surface area contributed by atoms with Crippen LogP contribution in [-0.4, -0.2) is 23.8 Å². The molecule has 73 valence electrons. The van der Waals surface area contributed by atoms with Gasteiger partial charge in [-0.15, -0.1) is 0 Å². The van der Waals surface area contributed by atoms with Gasteiger partial charge < -0.3 is 0 Å². The lowest BCUT2D eigenvalue weighted by molar-refractivity contribution is -0.121. The van der Waals surface area contributed by atoms with E-state index in [4.69, 9.17) is 0 Å². The number of Topliss-reactive ketones (excluding diaryl/α,β-unsaturated/α-hetero) is 1. The fraction of sp³-hybridized carbons (Fsp3) is 0.417. The standard InChI is InChI=1S/C12H14NO/c14-12-6-8-13(9-7-12)10-11-4-2-1-3-5-11/h1-4H,6-10H2. The highest BCUT2D eigenvalue weighted by Gasteiger charge is 2.15. The summed E-state index contributed by atoms with van der Waals surface area (Å²) in [5, 5.41) is 0. The zero-order chi connectivity index (χ0) is 9.80. The summed E-state index contributed by atoms with van der Waals surface area (Å²) in [5.74, 6) is 0.401. The van der Waals surface area contributed by atoms with Crippen molar-refractivity contribution in [3.8, 4) is 0 Å². The third-order valence-electron chi connectivity index (χ3n) is 2.58. The van der Waals surface area contributed by atoms with Gasteiger partial charge >= 0.3 is 0 Å². The highest BCUT2D eigenvalue weighted by atomic mass is 16.1. The molecule has 0 bridgehead atoms. The number of benzene rings is 1. The molecule has 0 spiro atoms. The van der Waals surface area contributed by atoms with Gasteiger partial charge in [-0.05, 0) is 11.6 Å². The molecule has 1 heterocycles. The lowest BCUT2D eigenvalue weighted by Crippen LogP contribution is -2.33. The Balaban J connectivity index is 1.89. The third kappa shape index (κ3) is 2.42. The molecular weight excluding hydrogens is 174 g/mol. The van der Waals surface area contributed by atoms with Crippen LogP contribution in [-0.2, 0) is 11.3 Å². The third-order valence-corrected chi connectivity index (χ3v) is 2.58. The summed E-state index contributed by atoms with van der Waals surface area (Å²) in [6, 6.07) is 11.2. The van der Waals surface area contributed by atoms with Gasteiger partial charge in [-0.25, -0.2) is 0 Å². The van der Waals surface area contributed by atoms with Crippen molar-refractivity contribution in [2.75, 3.05) is 13.1 Å². The summed E-state index contributed by atoms with van der Waals surface area (Å²) in [7, 11) is 0. The molecule has 1 aliphatic rings. The Morgan fingerprint density at radius 2 is 2.07 bits per heavy atom. The first-order chi connectivity index (χ1) is 6.84. The summed E-state index contributed by atoms with van der Waals surface area (Å²) < 4.78 is 0. The number of carbonyl (C=O) groups is 1. The largest absolute Gasteiger partial charge is 0.300 e. The van der Waals surface area contributed by atoms with Crippen LogP contribution < -0.4 is 0 Å². The lowest BCUT2D eigenvalue weighted by Gasteiger charge is -2.25. The van der Waals surface area contributed by atoms with Crippen molar-refractivity contribution in [2.45, 2.75) is 19.4 Å². The van der Waals surface area contributed by atoms with Crippen LogP contribution in [0, 0.1) is 6.07 Å². The Bertz CT molecular complexity index is 297. The molecule has 0 aromatic heterocycles. The molecule has 2 rings (SSSR count). The maximum Gasteiger partial charge on any atom is 0.135 e. The zero-order valence-corrected chi connectivity index (χ0v) is 8.20. The van der Waals surface area contributed by atoms with E-state index in [9.17, 15) is 4.79 Å². The number of carbonyl (C=O) groups excluding carboxylic acids is 1. The average molecular weight is 188 g/mol. The Hall–Kier alpha value is -1.15. The van der Waals surface area contributed by atoms with E-state index in [0.29, 0.717) is 18.6 Å². The first kappa shape index (κ1) is 9.41. The minimum atomic E-state index is 0.401. The SMILES string of the molecule is O=C1CCN(Cc2[c]cccc2)CC1. The predicted octanol–water partition coefficient (Wildman–Crippen LogP) is 1.65. The quantitative estimate of drug-likeness (QED) is 0.703. The molecule has 1 aromatic rings. The number of hydrogen-bond acceptors (Lipinski definition) is 2. The van der Waals surface area contributed by atoms with Crippen molar-refractivity contribution in [3.05, 3.63) is 35.9 Å². The predicted molar refractivity (Wildman–Crippen MR) is 54.8 cm³/mol. The van der Waals surface area contributed by atoms with E-state index >= 15 is 0 Å².